The summed E-state index contributed by atoms with van der Waals surface area (Å²) in [5, 5.41) is 8.27. The predicted octanol–water partition coefficient (Wildman–Crippen LogP) is 1.04. The molecular weight excluding hydrogens is 224 g/mol. The molecule has 0 aliphatic carbocycles. The van der Waals surface area contributed by atoms with Crippen LogP contribution in [-0.2, 0) is 0 Å². The molecule has 0 bridgehead atoms. The summed E-state index contributed by atoms with van der Waals surface area (Å²) in [6.45, 7) is 3.97. The van der Waals surface area contributed by atoms with Crippen LogP contribution in [0.5, 0.6) is 0 Å². The van der Waals surface area contributed by atoms with Crippen molar-refractivity contribution in [3.63, 3.8) is 0 Å². The summed E-state index contributed by atoms with van der Waals surface area (Å²) in [6, 6.07) is 2.06. The third-order valence-corrected chi connectivity index (χ3v) is 2.73. The molecule has 1 N–H and O–H groups in total. The Balaban J connectivity index is 2.64. The van der Waals surface area contributed by atoms with E-state index in [1.807, 2.05) is 26.0 Å². The standard InChI is InChI=1S/C14H16N4/c1-9(7-15)4-11-6-12-5-10(2)8-17-14(12)18-13(11)16-3/h4-9,15H,1-3H3/b11-4-,15-7?,16-13+. The van der Waals surface area contributed by atoms with Crippen molar-refractivity contribution in [3.05, 3.63) is 40.2 Å². The minimum absolute atomic E-state index is 0.0718. The highest BCUT2D eigenvalue weighted by molar-refractivity contribution is 6.07. The molecule has 4 heteroatoms. The number of pyridine rings is 1. The first-order chi connectivity index (χ1) is 8.63. The minimum Gasteiger partial charge on any atom is -0.313 e. The van der Waals surface area contributed by atoms with Crippen molar-refractivity contribution in [2.24, 2.45) is 15.9 Å². The van der Waals surface area contributed by atoms with Crippen molar-refractivity contribution >= 4 is 18.1 Å². The van der Waals surface area contributed by atoms with E-state index in [0.717, 1.165) is 16.4 Å². The molecule has 2 rings (SSSR count). The van der Waals surface area contributed by atoms with Gasteiger partial charge in [-0.1, -0.05) is 13.0 Å². The molecule has 1 aliphatic heterocycles. The van der Waals surface area contributed by atoms with Gasteiger partial charge in [0.25, 0.3) is 0 Å². The second kappa shape index (κ2) is 5.04. The fourth-order valence-electron chi connectivity index (χ4n) is 1.81. The number of hydrogen-bond acceptors (Lipinski definition) is 3. The molecule has 1 unspecified atom stereocenters. The summed E-state index contributed by atoms with van der Waals surface area (Å²) in [5.41, 5.74) is 2.77. The number of rotatable bonds is 2. The third-order valence-electron chi connectivity index (χ3n) is 2.73. The fourth-order valence-corrected chi connectivity index (χ4v) is 1.81. The van der Waals surface area contributed by atoms with E-state index in [1.165, 1.54) is 6.21 Å². The average molecular weight is 240 g/mol. The largest absolute Gasteiger partial charge is 0.313 e. The van der Waals surface area contributed by atoms with E-state index in [9.17, 15) is 0 Å². The molecule has 0 amide bonds. The summed E-state index contributed by atoms with van der Waals surface area (Å²) < 4.78 is 0. The second-order valence-corrected chi connectivity index (χ2v) is 4.38. The van der Waals surface area contributed by atoms with Crippen LogP contribution in [0, 0.1) is 18.3 Å². The van der Waals surface area contributed by atoms with Crippen LogP contribution in [0.1, 0.15) is 12.5 Å². The summed E-state index contributed by atoms with van der Waals surface area (Å²) in [5.74, 6) is 0.745. The Hall–Kier alpha value is -2.10. The number of aryl methyl sites for hydroxylation is 1. The first-order valence-electron chi connectivity index (χ1n) is 5.86. The van der Waals surface area contributed by atoms with Gasteiger partial charge in [-0.2, -0.15) is 0 Å². The van der Waals surface area contributed by atoms with E-state index in [1.54, 1.807) is 13.2 Å². The molecule has 1 aromatic rings. The quantitative estimate of drug-likeness (QED) is 0.771. The molecule has 0 spiro atoms. The Morgan fingerprint density at radius 3 is 2.89 bits per heavy atom. The van der Waals surface area contributed by atoms with Crippen LogP contribution in [0.25, 0.3) is 6.08 Å². The van der Waals surface area contributed by atoms with Crippen LogP contribution in [0.3, 0.4) is 0 Å². The lowest BCUT2D eigenvalue weighted by molar-refractivity contribution is 1.01. The van der Waals surface area contributed by atoms with Crippen molar-refractivity contribution in [2.75, 3.05) is 7.05 Å². The van der Waals surface area contributed by atoms with Crippen LogP contribution in [0.15, 0.2) is 33.9 Å². The van der Waals surface area contributed by atoms with Gasteiger partial charge in [0.15, 0.2) is 11.3 Å². The number of aromatic nitrogens is 1. The van der Waals surface area contributed by atoms with Crippen molar-refractivity contribution < 1.29 is 0 Å². The number of allylic oxidation sites excluding steroid dienone is 1. The Morgan fingerprint density at radius 1 is 1.44 bits per heavy atom. The lowest BCUT2D eigenvalue weighted by atomic mass is 10.0. The normalized spacial score (nSPS) is 19.9. The van der Waals surface area contributed by atoms with Crippen molar-refractivity contribution in [1.82, 2.24) is 4.98 Å². The number of nitrogens with zero attached hydrogens (tertiary/aromatic N) is 3. The molecule has 0 fully saturated rings. The van der Waals surface area contributed by atoms with Crippen LogP contribution in [-0.4, -0.2) is 24.1 Å². The highest BCUT2D eigenvalue weighted by Gasteiger charge is 2.09. The summed E-state index contributed by atoms with van der Waals surface area (Å²) >= 11 is 0. The molecule has 0 saturated carbocycles. The zero-order valence-corrected chi connectivity index (χ0v) is 10.8. The zero-order chi connectivity index (χ0) is 13.1. The van der Waals surface area contributed by atoms with Crippen LogP contribution in [0.2, 0.25) is 0 Å². The van der Waals surface area contributed by atoms with Gasteiger partial charge in [-0.25, -0.2) is 9.98 Å². The molecule has 1 atom stereocenters. The van der Waals surface area contributed by atoms with Gasteiger partial charge in [-0.05, 0) is 24.6 Å². The second-order valence-electron chi connectivity index (χ2n) is 4.38. The highest BCUT2D eigenvalue weighted by atomic mass is 14.9. The molecule has 0 saturated heterocycles. The molecule has 92 valence electrons. The Labute approximate surface area is 106 Å². The maximum Gasteiger partial charge on any atom is 0.161 e. The SMILES string of the molecule is C/N=C1/N=c2ncc(C)cc2=C/C1=C/C(C)C=N. The van der Waals surface area contributed by atoms with E-state index in [-0.39, 0.29) is 5.92 Å². The minimum atomic E-state index is 0.0718. The van der Waals surface area contributed by atoms with Crippen LogP contribution in [0.4, 0.5) is 0 Å². The average Bonchev–Trinajstić information content (AvgIpc) is 2.37. The van der Waals surface area contributed by atoms with E-state index < -0.39 is 0 Å². The van der Waals surface area contributed by atoms with Gasteiger partial charge in [0.1, 0.15) is 0 Å². The smallest absolute Gasteiger partial charge is 0.161 e. The van der Waals surface area contributed by atoms with Crippen molar-refractivity contribution in [3.8, 4) is 0 Å². The molecule has 2 heterocycles. The third kappa shape index (κ3) is 2.42. The van der Waals surface area contributed by atoms with Gasteiger partial charge in [0.2, 0.25) is 0 Å². The lowest BCUT2D eigenvalue weighted by Crippen LogP contribution is -2.33. The number of hydrogen-bond donors (Lipinski definition) is 1. The summed E-state index contributed by atoms with van der Waals surface area (Å²) in [6.07, 6.45) is 7.23. The van der Waals surface area contributed by atoms with Gasteiger partial charge >= 0.3 is 0 Å². The molecule has 18 heavy (non-hydrogen) atoms. The van der Waals surface area contributed by atoms with E-state index in [0.29, 0.717) is 11.3 Å². The van der Waals surface area contributed by atoms with Crippen LogP contribution < -0.4 is 10.7 Å². The predicted molar refractivity (Wildman–Crippen MR) is 73.6 cm³/mol. The Morgan fingerprint density at radius 2 is 2.22 bits per heavy atom. The van der Waals surface area contributed by atoms with Crippen molar-refractivity contribution in [1.29, 1.82) is 5.41 Å². The summed E-state index contributed by atoms with van der Waals surface area (Å²) in [4.78, 5) is 12.9. The monoisotopic (exact) mass is 240 g/mol. The van der Waals surface area contributed by atoms with Gasteiger partial charge in [-0.3, -0.25) is 4.99 Å². The first kappa shape index (κ1) is 12.4. The number of fused-ring (bicyclic) bond motifs is 1. The van der Waals surface area contributed by atoms with E-state index in [4.69, 9.17) is 5.41 Å². The Bertz CT molecular complexity index is 653. The first-order valence-corrected chi connectivity index (χ1v) is 5.86. The van der Waals surface area contributed by atoms with Gasteiger partial charge < -0.3 is 5.41 Å². The molecule has 1 aliphatic rings. The molecule has 0 aromatic carbocycles. The fraction of sp³-hybridized carbons (Fsp3) is 0.286. The number of nitrogens with one attached hydrogen (secondary N) is 1. The topological polar surface area (TPSA) is 61.5 Å². The van der Waals surface area contributed by atoms with Gasteiger partial charge in [0.05, 0.1) is 0 Å². The summed E-state index contributed by atoms with van der Waals surface area (Å²) in [7, 11) is 1.72. The van der Waals surface area contributed by atoms with Crippen LogP contribution >= 0.6 is 0 Å². The van der Waals surface area contributed by atoms with Crippen molar-refractivity contribution in [2.45, 2.75) is 13.8 Å². The molecule has 0 radical (unpaired) electrons. The van der Waals surface area contributed by atoms with Gasteiger partial charge in [-0.15, -0.1) is 0 Å². The number of aliphatic imine (C=N–C) groups is 1. The van der Waals surface area contributed by atoms with E-state index >= 15 is 0 Å². The van der Waals surface area contributed by atoms with E-state index in [2.05, 4.69) is 21.0 Å². The highest BCUT2D eigenvalue weighted by Crippen LogP contribution is 2.08. The number of amidine groups is 1. The van der Waals surface area contributed by atoms with Gasteiger partial charge in [0, 0.05) is 36.2 Å². The Kier molecular flexibility index (Phi) is 3.46. The lowest BCUT2D eigenvalue weighted by Gasteiger charge is -2.08. The molecule has 4 nitrogen and oxygen atoms in total. The molecular formula is C14H16N4. The zero-order valence-electron chi connectivity index (χ0n) is 10.8. The maximum atomic E-state index is 7.26. The maximum absolute atomic E-state index is 7.26. The molecule has 1 aromatic heterocycles.